The largest absolute Gasteiger partial charge is 0.507 e. The zero-order valence-corrected chi connectivity index (χ0v) is 15.5. The van der Waals surface area contributed by atoms with E-state index in [1.807, 2.05) is 11.9 Å². The van der Waals surface area contributed by atoms with Crippen molar-refractivity contribution in [1.29, 1.82) is 0 Å². The Balaban J connectivity index is 1.70. The molecule has 1 saturated heterocycles. The van der Waals surface area contributed by atoms with Crippen LogP contribution in [-0.4, -0.2) is 57.0 Å². The molecule has 0 radical (unpaired) electrons. The molecule has 2 atom stereocenters. The molecule has 2 N–H and O–H groups in total. The third-order valence-electron chi connectivity index (χ3n) is 5.09. The first-order valence-corrected chi connectivity index (χ1v) is 9.07. The van der Waals surface area contributed by atoms with Crippen LogP contribution in [0.2, 0.25) is 0 Å². The van der Waals surface area contributed by atoms with Gasteiger partial charge in [-0.05, 0) is 43.8 Å². The fourth-order valence-electron chi connectivity index (χ4n) is 3.54. The number of hydrogen-bond donors (Lipinski definition) is 2. The SMILES string of the molecule is CN1CC[C@@H](F)[C@@H](Nc2nnc(-c3ccc(C(F)(F)F)cc3O)c3cccn23)C1. The first-order valence-electron chi connectivity index (χ1n) is 9.07. The fourth-order valence-corrected chi connectivity index (χ4v) is 3.54. The van der Waals surface area contributed by atoms with Gasteiger partial charge in [0.15, 0.2) is 0 Å². The number of hydrogen-bond acceptors (Lipinski definition) is 5. The van der Waals surface area contributed by atoms with Gasteiger partial charge in [0.2, 0.25) is 5.95 Å². The molecule has 3 aromatic rings. The normalized spacial score (nSPS) is 20.9. The van der Waals surface area contributed by atoms with E-state index in [1.165, 1.54) is 0 Å². The van der Waals surface area contributed by atoms with Crippen LogP contribution in [0.1, 0.15) is 12.0 Å². The van der Waals surface area contributed by atoms with Gasteiger partial charge in [-0.15, -0.1) is 10.2 Å². The molecule has 10 heteroatoms. The van der Waals surface area contributed by atoms with Gasteiger partial charge >= 0.3 is 6.18 Å². The number of aromatic hydroxyl groups is 1. The summed E-state index contributed by atoms with van der Waals surface area (Å²) in [6.45, 7) is 1.18. The Morgan fingerprint density at radius 2 is 2.00 bits per heavy atom. The van der Waals surface area contributed by atoms with Crippen molar-refractivity contribution < 1.29 is 22.7 Å². The third-order valence-corrected chi connectivity index (χ3v) is 5.09. The number of anilines is 1. The highest BCUT2D eigenvalue weighted by Gasteiger charge is 2.32. The van der Waals surface area contributed by atoms with Crippen molar-refractivity contribution in [3.8, 4) is 17.0 Å². The number of halogens is 4. The quantitative estimate of drug-likeness (QED) is 0.648. The van der Waals surface area contributed by atoms with Crippen LogP contribution in [0.5, 0.6) is 5.75 Å². The minimum atomic E-state index is -4.56. The van der Waals surface area contributed by atoms with Crippen LogP contribution in [0.3, 0.4) is 0 Å². The summed E-state index contributed by atoms with van der Waals surface area (Å²) in [5.41, 5.74) is -0.0743. The van der Waals surface area contributed by atoms with Gasteiger partial charge in [0, 0.05) is 24.8 Å². The lowest BCUT2D eigenvalue weighted by Gasteiger charge is -2.33. The summed E-state index contributed by atoms with van der Waals surface area (Å²) in [6.07, 6.45) is -3.49. The predicted molar refractivity (Wildman–Crippen MR) is 99.5 cm³/mol. The molecule has 3 heterocycles. The molecular formula is C19H19F4N5O. The number of piperidine rings is 1. The van der Waals surface area contributed by atoms with Crippen molar-refractivity contribution in [2.75, 3.05) is 25.5 Å². The molecule has 0 saturated carbocycles. The van der Waals surface area contributed by atoms with Gasteiger partial charge in [-0.2, -0.15) is 13.2 Å². The van der Waals surface area contributed by atoms with E-state index in [4.69, 9.17) is 0 Å². The van der Waals surface area contributed by atoms with Gasteiger partial charge in [0.25, 0.3) is 0 Å². The van der Waals surface area contributed by atoms with E-state index in [2.05, 4.69) is 15.5 Å². The van der Waals surface area contributed by atoms with E-state index in [0.717, 1.165) is 12.1 Å². The number of benzene rings is 1. The molecule has 0 aliphatic carbocycles. The average molecular weight is 409 g/mol. The number of nitrogens with zero attached hydrogens (tertiary/aromatic N) is 4. The van der Waals surface area contributed by atoms with Crippen LogP contribution >= 0.6 is 0 Å². The second kappa shape index (κ2) is 7.18. The van der Waals surface area contributed by atoms with Crippen LogP contribution in [0.15, 0.2) is 36.5 Å². The van der Waals surface area contributed by atoms with E-state index in [9.17, 15) is 22.7 Å². The third kappa shape index (κ3) is 3.71. The maximum Gasteiger partial charge on any atom is 0.416 e. The van der Waals surface area contributed by atoms with Gasteiger partial charge in [-0.1, -0.05) is 0 Å². The molecule has 29 heavy (non-hydrogen) atoms. The predicted octanol–water partition coefficient (Wildman–Crippen LogP) is 3.57. The number of phenolic OH excluding ortho intramolecular Hbond substituents is 1. The topological polar surface area (TPSA) is 65.7 Å². The van der Waals surface area contributed by atoms with Gasteiger partial charge in [-0.3, -0.25) is 4.40 Å². The zero-order valence-electron chi connectivity index (χ0n) is 15.5. The molecule has 1 aromatic carbocycles. The number of alkyl halides is 4. The van der Waals surface area contributed by atoms with E-state index < -0.39 is 29.7 Å². The van der Waals surface area contributed by atoms with Crippen molar-refractivity contribution in [3.63, 3.8) is 0 Å². The van der Waals surface area contributed by atoms with Crippen molar-refractivity contribution in [2.24, 2.45) is 0 Å². The van der Waals surface area contributed by atoms with E-state index in [-0.39, 0.29) is 11.3 Å². The Hall–Kier alpha value is -2.88. The average Bonchev–Trinajstić information content (AvgIpc) is 3.15. The maximum atomic E-state index is 14.3. The lowest BCUT2D eigenvalue weighted by Crippen LogP contribution is -2.47. The summed E-state index contributed by atoms with van der Waals surface area (Å²) in [7, 11) is 1.91. The molecule has 6 nitrogen and oxygen atoms in total. The van der Waals surface area contributed by atoms with Crippen LogP contribution in [0.4, 0.5) is 23.5 Å². The highest BCUT2D eigenvalue weighted by Crippen LogP contribution is 2.37. The van der Waals surface area contributed by atoms with Crippen LogP contribution in [0, 0.1) is 0 Å². The second-order valence-electron chi connectivity index (χ2n) is 7.18. The smallest absolute Gasteiger partial charge is 0.416 e. The molecule has 1 fully saturated rings. The summed E-state index contributed by atoms with van der Waals surface area (Å²) in [5, 5.41) is 21.4. The number of rotatable bonds is 3. The number of aromatic nitrogens is 3. The van der Waals surface area contributed by atoms with Gasteiger partial charge < -0.3 is 15.3 Å². The van der Waals surface area contributed by atoms with Gasteiger partial charge in [-0.25, -0.2) is 4.39 Å². The number of phenols is 1. The molecular weight excluding hydrogens is 390 g/mol. The van der Waals surface area contributed by atoms with Crippen molar-refractivity contribution in [1.82, 2.24) is 19.5 Å². The highest BCUT2D eigenvalue weighted by molar-refractivity contribution is 5.81. The maximum absolute atomic E-state index is 14.3. The van der Waals surface area contributed by atoms with Crippen molar-refractivity contribution >= 4 is 11.5 Å². The number of nitrogens with one attached hydrogen (secondary N) is 1. The van der Waals surface area contributed by atoms with Crippen LogP contribution in [0.25, 0.3) is 16.8 Å². The number of likely N-dealkylation sites (tertiary alicyclic amines) is 1. The molecule has 0 spiro atoms. The Labute approximate surface area is 163 Å². The van der Waals surface area contributed by atoms with Gasteiger partial charge in [0.05, 0.1) is 17.1 Å². The zero-order chi connectivity index (χ0) is 20.8. The van der Waals surface area contributed by atoms with E-state index in [1.54, 1.807) is 22.7 Å². The number of fused-ring (bicyclic) bond motifs is 1. The lowest BCUT2D eigenvalue weighted by atomic mass is 10.0. The Morgan fingerprint density at radius 3 is 2.72 bits per heavy atom. The Morgan fingerprint density at radius 1 is 1.21 bits per heavy atom. The van der Waals surface area contributed by atoms with Crippen molar-refractivity contribution in [2.45, 2.75) is 24.8 Å². The Bertz CT molecular complexity index is 1040. The monoisotopic (exact) mass is 409 g/mol. The van der Waals surface area contributed by atoms with Crippen LogP contribution in [-0.2, 0) is 6.18 Å². The standard InChI is InChI=1S/C19H19F4N5O/c1-27-8-6-13(20)14(10-27)24-18-26-25-17(15-3-2-7-28(15)18)12-5-4-11(9-16(12)29)19(21,22)23/h2-5,7,9,13-14,29H,6,8,10H2,1H3,(H,24,26)/t13-,14+/m1/s1. The first kappa shape index (κ1) is 19.4. The van der Waals surface area contributed by atoms with E-state index >= 15 is 0 Å². The summed E-state index contributed by atoms with van der Waals surface area (Å²) >= 11 is 0. The summed E-state index contributed by atoms with van der Waals surface area (Å²) < 4.78 is 54.5. The molecule has 1 aliphatic heterocycles. The minimum Gasteiger partial charge on any atom is -0.507 e. The molecule has 4 rings (SSSR count). The highest BCUT2D eigenvalue weighted by atomic mass is 19.4. The molecule has 0 amide bonds. The summed E-state index contributed by atoms with van der Waals surface area (Å²) in [4.78, 5) is 2.02. The molecule has 0 bridgehead atoms. The Kier molecular flexibility index (Phi) is 4.81. The summed E-state index contributed by atoms with van der Waals surface area (Å²) in [5.74, 6) is -0.223. The summed E-state index contributed by atoms with van der Waals surface area (Å²) in [6, 6.07) is 5.66. The minimum absolute atomic E-state index is 0.126. The second-order valence-corrected chi connectivity index (χ2v) is 7.18. The molecule has 154 valence electrons. The van der Waals surface area contributed by atoms with Gasteiger partial charge in [0.1, 0.15) is 17.6 Å². The molecule has 1 aliphatic rings. The fraction of sp³-hybridized carbons (Fsp3) is 0.368. The van der Waals surface area contributed by atoms with Crippen molar-refractivity contribution in [3.05, 3.63) is 42.1 Å². The van der Waals surface area contributed by atoms with E-state index in [0.29, 0.717) is 37.0 Å². The first-order chi connectivity index (χ1) is 13.7. The number of likely N-dealkylation sites (N-methyl/N-ethyl adjacent to an activating group) is 1. The lowest BCUT2D eigenvalue weighted by molar-refractivity contribution is -0.137. The molecule has 0 unspecified atom stereocenters. The molecule has 2 aromatic heterocycles. The van der Waals surface area contributed by atoms with Crippen LogP contribution < -0.4 is 5.32 Å².